The summed E-state index contributed by atoms with van der Waals surface area (Å²) in [5, 5.41) is 10.4. The van der Waals surface area contributed by atoms with Crippen molar-refractivity contribution in [1.82, 2.24) is 9.97 Å². The van der Waals surface area contributed by atoms with Crippen LogP contribution in [0.4, 0.5) is 0 Å². The van der Waals surface area contributed by atoms with Gasteiger partial charge >= 0.3 is 5.97 Å². The number of aliphatic carboxylic acids is 1. The summed E-state index contributed by atoms with van der Waals surface area (Å²) in [5.41, 5.74) is 2.16. The van der Waals surface area contributed by atoms with Crippen molar-refractivity contribution in [2.24, 2.45) is 0 Å². The number of carboxylic acid groups (broad SMARTS) is 1. The van der Waals surface area contributed by atoms with Gasteiger partial charge in [0.2, 0.25) is 0 Å². The van der Waals surface area contributed by atoms with E-state index >= 15 is 0 Å². The Labute approximate surface area is 157 Å². The highest BCUT2D eigenvalue weighted by Gasteiger charge is 2.44. The molecule has 0 spiro atoms. The van der Waals surface area contributed by atoms with Gasteiger partial charge in [-0.05, 0) is 29.7 Å². The first-order chi connectivity index (χ1) is 13.2. The number of carbonyl (C=O) groups is 1. The van der Waals surface area contributed by atoms with E-state index in [1.54, 1.807) is 6.20 Å². The number of nitrogens with zero attached hydrogens (tertiary/aromatic N) is 2. The summed E-state index contributed by atoms with van der Waals surface area (Å²) in [4.78, 5) is 21.9. The van der Waals surface area contributed by atoms with Crippen molar-refractivity contribution >= 4 is 17.0 Å². The molecule has 4 rings (SSSR count). The van der Waals surface area contributed by atoms with E-state index in [9.17, 15) is 9.90 Å². The van der Waals surface area contributed by atoms with Gasteiger partial charge in [0.05, 0.1) is 22.9 Å². The first-order valence-corrected chi connectivity index (χ1v) is 8.75. The maximum atomic E-state index is 12.7. The van der Waals surface area contributed by atoms with Crippen molar-refractivity contribution in [3.63, 3.8) is 0 Å². The zero-order valence-electron chi connectivity index (χ0n) is 14.6. The van der Waals surface area contributed by atoms with E-state index in [4.69, 9.17) is 4.98 Å². The zero-order valence-corrected chi connectivity index (χ0v) is 14.6. The van der Waals surface area contributed by atoms with Gasteiger partial charge in [-0.25, -0.2) is 4.98 Å². The third kappa shape index (κ3) is 3.06. The molecule has 0 saturated carbocycles. The fourth-order valence-corrected chi connectivity index (χ4v) is 3.44. The summed E-state index contributed by atoms with van der Waals surface area (Å²) in [7, 11) is 0. The molecular formula is C23H18N2O2. The minimum Gasteiger partial charge on any atom is -0.480 e. The van der Waals surface area contributed by atoms with Gasteiger partial charge in [0.1, 0.15) is 5.41 Å². The summed E-state index contributed by atoms with van der Waals surface area (Å²) in [5.74, 6) is -0.942. The van der Waals surface area contributed by atoms with Gasteiger partial charge in [-0.1, -0.05) is 72.8 Å². The Kier molecular flexibility index (Phi) is 4.38. The van der Waals surface area contributed by atoms with Crippen LogP contribution in [-0.2, 0) is 16.6 Å². The molecule has 0 bridgehead atoms. The molecule has 0 fully saturated rings. The number of hydrogen-bond acceptors (Lipinski definition) is 3. The van der Waals surface area contributed by atoms with E-state index in [1.165, 1.54) is 0 Å². The van der Waals surface area contributed by atoms with Crippen LogP contribution in [0.3, 0.4) is 0 Å². The number of aromatic nitrogens is 2. The van der Waals surface area contributed by atoms with Gasteiger partial charge in [0.25, 0.3) is 0 Å². The van der Waals surface area contributed by atoms with Crippen LogP contribution < -0.4 is 0 Å². The molecule has 27 heavy (non-hydrogen) atoms. The van der Waals surface area contributed by atoms with E-state index in [0.717, 1.165) is 11.1 Å². The molecule has 4 heteroatoms. The SMILES string of the molecule is O=C(O)C(Cc1ccccc1)(c1ccccc1)c1cnc2ccccc2n1. The monoisotopic (exact) mass is 354 g/mol. The highest BCUT2D eigenvalue weighted by atomic mass is 16.4. The average molecular weight is 354 g/mol. The molecule has 0 radical (unpaired) electrons. The Hall–Kier alpha value is -3.53. The molecule has 1 unspecified atom stereocenters. The number of rotatable bonds is 5. The van der Waals surface area contributed by atoms with Crippen LogP contribution in [0.25, 0.3) is 11.0 Å². The summed E-state index contributed by atoms with van der Waals surface area (Å²) < 4.78 is 0. The molecule has 132 valence electrons. The van der Waals surface area contributed by atoms with Crippen molar-refractivity contribution in [3.05, 3.63) is 108 Å². The molecule has 0 amide bonds. The molecule has 1 atom stereocenters. The topological polar surface area (TPSA) is 63.1 Å². The Morgan fingerprint density at radius 2 is 1.41 bits per heavy atom. The molecule has 0 aliphatic carbocycles. The van der Waals surface area contributed by atoms with Crippen LogP contribution >= 0.6 is 0 Å². The third-order valence-corrected chi connectivity index (χ3v) is 4.83. The van der Waals surface area contributed by atoms with Crippen LogP contribution in [0.15, 0.2) is 91.1 Å². The maximum Gasteiger partial charge on any atom is 0.320 e. The molecular weight excluding hydrogens is 336 g/mol. The second kappa shape index (κ2) is 7.00. The molecule has 1 aromatic heterocycles. The van der Waals surface area contributed by atoms with Crippen LogP contribution in [0.1, 0.15) is 16.8 Å². The number of carboxylic acids is 1. The highest BCUT2D eigenvalue weighted by Crippen LogP contribution is 2.35. The molecule has 1 heterocycles. The van der Waals surface area contributed by atoms with Gasteiger partial charge in [0.15, 0.2) is 0 Å². The first kappa shape index (κ1) is 16.9. The minimum absolute atomic E-state index is 0.292. The molecule has 4 nitrogen and oxygen atoms in total. The second-order valence-electron chi connectivity index (χ2n) is 6.48. The van der Waals surface area contributed by atoms with Crippen LogP contribution in [0.5, 0.6) is 0 Å². The van der Waals surface area contributed by atoms with Gasteiger partial charge in [0, 0.05) is 0 Å². The Balaban J connectivity index is 1.97. The van der Waals surface area contributed by atoms with Crippen molar-refractivity contribution < 1.29 is 9.90 Å². The molecule has 0 saturated heterocycles. The maximum absolute atomic E-state index is 12.7. The fraction of sp³-hybridized carbons (Fsp3) is 0.0870. The van der Waals surface area contributed by atoms with Gasteiger partial charge in [-0.3, -0.25) is 9.78 Å². The smallest absolute Gasteiger partial charge is 0.320 e. The lowest BCUT2D eigenvalue weighted by Crippen LogP contribution is -2.40. The summed E-state index contributed by atoms with van der Waals surface area (Å²) >= 11 is 0. The summed E-state index contributed by atoms with van der Waals surface area (Å²) in [6, 6.07) is 26.4. The van der Waals surface area contributed by atoms with E-state index < -0.39 is 11.4 Å². The van der Waals surface area contributed by atoms with Crippen molar-refractivity contribution in [2.75, 3.05) is 0 Å². The molecule has 4 aromatic rings. The van der Waals surface area contributed by atoms with E-state index in [0.29, 0.717) is 23.2 Å². The number of para-hydroxylation sites is 2. The summed E-state index contributed by atoms with van der Waals surface area (Å²) in [6.45, 7) is 0. The molecule has 0 aliphatic heterocycles. The average Bonchev–Trinajstić information content (AvgIpc) is 2.73. The predicted octanol–water partition coefficient (Wildman–Crippen LogP) is 4.24. The summed E-state index contributed by atoms with van der Waals surface area (Å²) in [6.07, 6.45) is 1.88. The lowest BCUT2D eigenvalue weighted by atomic mass is 9.73. The van der Waals surface area contributed by atoms with Crippen molar-refractivity contribution in [2.45, 2.75) is 11.8 Å². The second-order valence-corrected chi connectivity index (χ2v) is 6.48. The van der Waals surface area contributed by atoms with Crippen LogP contribution in [0, 0.1) is 0 Å². The Bertz CT molecular complexity index is 1080. The normalized spacial score (nSPS) is 13.2. The van der Waals surface area contributed by atoms with Crippen LogP contribution in [-0.4, -0.2) is 21.0 Å². The lowest BCUT2D eigenvalue weighted by Gasteiger charge is -2.29. The highest BCUT2D eigenvalue weighted by molar-refractivity contribution is 5.87. The van der Waals surface area contributed by atoms with E-state index in [2.05, 4.69) is 4.98 Å². The van der Waals surface area contributed by atoms with Crippen molar-refractivity contribution in [3.8, 4) is 0 Å². The lowest BCUT2D eigenvalue weighted by molar-refractivity contribution is -0.142. The molecule has 1 N–H and O–H groups in total. The van der Waals surface area contributed by atoms with Gasteiger partial charge in [-0.2, -0.15) is 0 Å². The quantitative estimate of drug-likeness (QED) is 0.582. The predicted molar refractivity (Wildman–Crippen MR) is 105 cm³/mol. The Morgan fingerprint density at radius 1 is 0.815 bits per heavy atom. The third-order valence-electron chi connectivity index (χ3n) is 4.83. The van der Waals surface area contributed by atoms with Crippen molar-refractivity contribution in [1.29, 1.82) is 0 Å². The number of benzene rings is 3. The van der Waals surface area contributed by atoms with Gasteiger partial charge < -0.3 is 5.11 Å². The fourth-order valence-electron chi connectivity index (χ4n) is 3.44. The largest absolute Gasteiger partial charge is 0.480 e. The molecule has 0 aliphatic rings. The standard InChI is InChI=1S/C23H18N2O2/c26-22(27)23(18-11-5-2-6-12-18,15-17-9-3-1-4-10-17)21-16-24-19-13-7-8-14-20(19)25-21/h1-14,16H,15H2,(H,26,27). The van der Waals surface area contributed by atoms with E-state index in [1.807, 2.05) is 84.9 Å². The number of hydrogen-bond donors (Lipinski definition) is 1. The van der Waals surface area contributed by atoms with Gasteiger partial charge in [-0.15, -0.1) is 0 Å². The van der Waals surface area contributed by atoms with E-state index in [-0.39, 0.29) is 0 Å². The minimum atomic E-state index is -1.32. The zero-order chi connectivity index (χ0) is 18.7. The Morgan fingerprint density at radius 3 is 2.07 bits per heavy atom. The van der Waals surface area contributed by atoms with Crippen LogP contribution in [0.2, 0.25) is 0 Å². The first-order valence-electron chi connectivity index (χ1n) is 8.75. The molecule has 3 aromatic carbocycles. The number of fused-ring (bicyclic) bond motifs is 1.